The molecule has 7 rings (SSSR count). The van der Waals surface area contributed by atoms with Gasteiger partial charge in [0.2, 0.25) is 11.8 Å². The normalized spacial score (nSPS) is 26.7. The van der Waals surface area contributed by atoms with Gasteiger partial charge in [0, 0.05) is 47.2 Å². The molecule has 4 heterocycles. The number of nitrogens with zero attached hydrogens (tertiary/aromatic N) is 3. The summed E-state index contributed by atoms with van der Waals surface area (Å²) in [5.74, 6) is -0.765. The lowest BCUT2D eigenvalue weighted by Crippen LogP contribution is -2.48. The Labute approximate surface area is 306 Å². The van der Waals surface area contributed by atoms with E-state index in [0.29, 0.717) is 42.2 Å². The molecule has 4 aliphatic rings. The fourth-order valence-corrected chi connectivity index (χ4v) is 11.9. The van der Waals surface area contributed by atoms with Gasteiger partial charge in [-0.3, -0.25) is 14.4 Å². The number of benzene rings is 3. The topological polar surface area (TPSA) is 111 Å². The lowest BCUT2D eigenvalue weighted by Gasteiger charge is -2.37. The van der Waals surface area contributed by atoms with Crippen molar-refractivity contribution in [1.82, 2.24) is 4.90 Å². The minimum absolute atomic E-state index is 0.0263. The SMILES string of the molecule is C[C@@H]1[C@@H]([Si](C)(C)O)[C@H](CC(=O)N2Cc3ccccc3C[C@H]2CO)O[C@@]12C(=O)N(Cc1cccc(N3CCCCCCC3=O)c1)c1ccc(Cl)cc12. The Morgan fingerprint density at radius 3 is 2.53 bits per heavy atom. The lowest BCUT2D eigenvalue weighted by atomic mass is 9.82. The van der Waals surface area contributed by atoms with Crippen molar-refractivity contribution in [1.29, 1.82) is 0 Å². The van der Waals surface area contributed by atoms with Crippen LogP contribution in [0.25, 0.3) is 0 Å². The summed E-state index contributed by atoms with van der Waals surface area (Å²) < 4.78 is 6.94. The van der Waals surface area contributed by atoms with Crippen molar-refractivity contribution < 1.29 is 29.0 Å². The van der Waals surface area contributed by atoms with Gasteiger partial charge in [0.25, 0.3) is 5.91 Å². The fraction of sp³-hybridized carbons (Fsp3) is 0.475. The van der Waals surface area contributed by atoms with E-state index in [9.17, 15) is 24.3 Å². The number of anilines is 2. The van der Waals surface area contributed by atoms with Gasteiger partial charge in [-0.15, -0.1) is 0 Å². The van der Waals surface area contributed by atoms with Crippen LogP contribution in [0, 0.1) is 5.92 Å². The molecular weight excluding hydrogens is 682 g/mol. The Hall–Kier alpha value is -3.54. The van der Waals surface area contributed by atoms with Crippen LogP contribution in [0.15, 0.2) is 66.7 Å². The third-order valence-electron chi connectivity index (χ3n) is 11.6. The molecule has 0 bridgehead atoms. The molecule has 0 radical (unpaired) electrons. The fourth-order valence-electron chi connectivity index (χ4n) is 9.18. The van der Waals surface area contributed by atoms with Crippen molar-refractivity contribution in [3.05, 3.63) is 94.0 Å². The van der Waals surface area contributed by atoms with Crippen LogP contribution in [0.2, 0.25) is 23.7 Å². The number of amides is 3. The highest BCUT2D eigenvalue weighted by molar-refractivity contribution is 6.71. The van der Waals surface area contributed by atoms with E-state index in [2.05, 4.69) is 0 Å². The average molecular weight is 730 g/mol. The van der Waals surface area contributed by atoms with Gasteiger partial charge >= 0.3 is 0 Å². The third kappa shape index (κ3) is 6.54. The van der Waals surface area contributed by atoms with Gasteiger partial charge in [-0.25, -0.2) is 0 Å². The number of aliphatic hydroxyl groups is 1. The molecule has 2 saturated heterocycles. The number of fused-ring (bicyclic) bond motifs is 3. The number of carbonyl (C=O) groups is 3. The van der Waals surface area contributed by atoms with Gasteiger partial charge in [0.05, 0.1) is 37.4 Å². The number of halogens is 1. The van der Waals surface area contributed by atoms with Gasteiger partial charge in [-0.2, -0.15) is 0 Å². The number of carbonyl (C=O) groups excluding carboxylic acids is 3. The molecule has 11 heteroatoms. The van der Waals surface area contributed by atoms with E-state index in [1.54, 1.807) is 21.9 Å². The summed E-state index contributed by atoms with van der Waals surface area (Å²) in [6, 6.07) is 20.8. The van der Waals surface area contributed by atoms with Crippen molar-refractivity contribution in [2.45, 2.75) is 101 Å². The maximum absolute atomic E-state index is 15.0. The molecule has 2 fully saturated rings. The molecule has 3 aromatic rings. The van der Waals surface area contributed by atoms with Gasteiger partial charge in [-0.1, -0.05) is 67.8 Å². The molecule has 0 unspecified atom stereocenters. The molecule has 0 aromatic heterocycles. The Bertz CT molecular complexity index is 1830. The minimum atomic E-state index is -3.03. The van der Waals surface area contributed by atoms with Crippen molar-refractivity contribution in [2.24, 2.45) is 5.92 Å². The molecule has 270 valence electrons. The second kappa shape index (κ2) is 14.1. The summed E-state index contributed by atoms with van der Waals surface area (Å²) in [6.45, 7) is 6.78. The summed E-state index contributed by atoms with van der Waals surface area (Å²) in [4.78, 5) is 59.3. The average Bonchev–Trinajstić information content (AvgIpc) is 3.51. The van der Waals surface area contributed by atoms with Gasteiger partial charge < -0.3 is 29.3 Å². The molecule has 1 spiro atoms. The van der Waals surface area contributed by atoms with Crippen LogP contribution in [0.1, 0.15) is 67.7 Å². The Morgan fingerprint density at radius 1 is 1.00 bits per heavy atom. The quantitative estimate of drug-likeness (QED) is 0.276. The first-order valence-corrected chi connectivity index (χ1v) is 21.7. The van der Waals surface area contributed by atoms with Crippen molar-refractivity contribution in [3.8, 4) is 0 Å². The van der Waals surface area contributed by atoms with Crippen LogP contribution in [0.3, 0.4) is 0 Å². The Kier molecular flexibility index (Phi) is 9.92. The molecule has 2 N–H and O–H groups in total. The zero-order chi connectivity index (χ0) is 36.1. The molecule has 51 heavy (non-hydrogen) atoms. The first kappa shape index (κ1) is 35.8. The largest absolute Gasteiger partial charge is 0.432 e. The molecule has 4 aliphatic heterocycles. The van der Waals surface area contributed by atoms with E-state index in [0.717, 1.165) is 48.1 Å². The third-order valence-corrected chi connectivity index (χ3v) is 14.3. The standard InChI is InChI=1S/C40H48ClN3O6Si/c1-26-38(51(2,3)49)35(22-37(47)43-24-29-13-8-7-12-28(29)20-32(43)25-45)50-40(26)33-21-30(41)16-17-34(33)44(39(40)48)23-27-11-10-14-31(19-27)42-18-9-5-4-6-15-36(42)46/h7-8,10-14,16-17,19,21,26,32,35,38,45,49H,4-6,9,15,18,20,22-25H2,1-3H3/t26-,32+,35+,38-,40+/m1/s1. The van der Waals surface area contributed by atoms with Crippen molar-refractivity contribution in [3.63, 3.8) is 0 Å². The summed E-state index contributed by atoms with van der Waals surface area (Å²) in [5, 5.41) is 10.8. The summed E-state index contributed by atoms with van der Waals surface area (Å²) >= 11 is 6.61. The highest BCUT2D eigenvalue weighted by Gasteiger charge is 2.66. The van der Waals surface area contributed by atoms with E-state index in [1.807, 2.05) is 79.5 Å². The molecule has 3 aromatic carbocycles. The molecule has 3 amide bonds. The number of hydrogen-bond acceptors (Lipinski definition) is 6. The summed E-state index contributed by atoms with van der Waals surface area (Å²) in [6.07, 6.45) is 4.35. The first-order chi connectivity index (χ1) is 24.4. The van der Waals surface area contributed by atoms with Crippen molar-refractivity contribution in [2.75, 3.05) is 23.0 Å². The van der Waals surface area contributed by atoms with E-state index >= 15 is 0 Å². The molecule has 9 nitrogen and oxygen atoms in total. The zero-order valence-electron chi connectivity index (χ0n) is 29.7. The second-order valence-electron chi connectivity index (χ2n) is 15.3. The Morgan fingerprint density at radius 2 is 1.76 bits per heavy atom. The number of aliphatic hydroxyl groups excluding tert-OH is 1. The highest BCUT2D eigenvalue weighted by atomic mass is 35.5. The molecule has 0 saturated carbocycles. The van der Waals surface area contributed by atoms with E-state index in [1.165, 1.54) is 0 Å². The Balaban J connectivity index is 1.20. The van der Waals surface area contributed by atoms with Crippen LogP contribution in [-0.4, -0.2) is 66.1 Å². The minimum Gasteiger partial charge on any atom is -0.432 e. The number of hydrogen-bond donors (Lipinski definition) is 2. The van der Waals surface area contributed by atoms with E-state index in [4.69, 9.17) is 16.3 Å². The van der Waals surface area contributed by atoms with Crippen LogP contribution >= 0.6 is 11.6 Å². The van der Waals surface area contributed by atoms with E-state index in [-0.39, 0.29) is 43.3 Å². The smallest absolute Gasteiger partial charge is 0.264 e. The highest BCUT2D eigenvalue weighted by Crippen LogP contribution is 2.60. The molecule has 5 atom stereocenters. The summed E-state index contributed by atoms with van der Waals surface area (Å²) in [5.41, 5.74) is 3.30. The van der Waals surface area contributed by atoms with Gasteiger partial charge in [0.1, 0.15) is 0 Å². The second-order valence-corrected chi connectivity index (χ2v) is 19.7. The van der Waals surface area contributed by atoms with Gasteiger partial charge in [-0.05, 0) is 79.4 Å². The van der Waals surface area contributed by atoms with Crippen LogP contribution in [0.5, 0.6) is 0 Å². The maximum Gasteiger partial charge on any atom is 0.264 e. The monoisotopic (exact) mass is 729 g/mol. The van der Waals surface area contributed by atoms with Crippen molar-refractivity contribution >= 4 is 49.0 Å². The maximum atomic E-state index is 15.0. The van der Waals surface area contributed by atoms with Crippen LogP contribution in [0.4, 0.5) is 11.4 Å². The van der Waals surface area contributed by atoms with Crippen LogP contribution < -0.4 is 9.80 Å². The predicted octanol–water partition coefficient (Wildman–Crippen LogP) is 6.32. The zero-order valence-corrected chi connectivity index (χ0v) is 31.4. The predicted molar refractivity (Wildman–Crippen MR) is 200 cm³/mol. The van der Waals surface area contributed by atoms with Crippen LogP contribution in [-0.2, 0) is 44.2 Å². The molecule has 0 aliphatic carbocycles. The first-order valence-electron chi connectivity index (χ1n) is 18.3. The number of ether oxygens (including phenoxy) is 1. The van der Waals surface area contributed by atoms with Gasteiger partial charge in [0.15, 0.2) is 13.9 Å². The number of rotatable bonds is 7. The summed E-state index contributed by atoms with van der Waals surface area (Å²) in [7, 11) is -3.03. The lowest BCUT2D eigenvalue weighted by molar-refractivity contribution is -0.151. The molecular formula is C40H48ClN3O6Si. The van der Waals surface area contributed by atoms with E-state index < -0.39 is 31.5 Å².